The number of hydrogen-bond donors (Lipinski definition) is 0. The van der Waals surface area contributed by atoms with Crippen molar-refractivity contribution >= 4 is 17.4 Å². The molecule has 2 amide bonds. The van der Waals surface area contributed by atoms with Gasteiger partial charge in [-0.05, 0) is 51.4 Å². The molecule has 1 saturated heterocycles. The van der Waals surface area contributed by atoms with Gasteiger partial charge in [0.15, 0.2) is 0 Å². The van der Waals surface area contributed by atoms with Gasteiger partial charge in [0, 0.05) is 32.2 Å². The van der Waals surface area contributed by atoms with Gasteiger partial charge in [0.05, 0.1) is 11.7 Å². The molecule has 1 aromatic carbocycles. The normalized spacial score (nSPS) is 21.9. The number of imide groups is 1. The molecule has 1 saturated carbocycles. The molecule has 2 fully saturated rings. The molecule has 0 spiro atoms. The van der Waals surface area contributed by atoms with Crippen LogP contribution in [0.1, 0.15) is 51.5 Å². The summed E-state index contributed by atoms with van der Waals surface area (Å²) in [5.41, 5.74) is 1.96. The van der Waals surface area contributed by atoms with Crippen LogP contribution in [0.25, 0.3) is 5.57 Å². The van der Waals surface area contributed by atoms with Crippen LogP contribution in [0.4, 0.5) is 0 Å². The summed E-state index contributed by atoms with van der Waals surface area (Å²) >= 11 is 0. The number of likely N-dealkylation sites (N-methyl/N-ethyl adjacent to an activating group) is 1. The highest BCUT2D eigenvalue weighted by Crippen LogP contribution is 2.36. The number of ether oxygens (including phenoxy) is 1. The van der Waals surface area contributed by atoms with Gasteiger partial charge in [0.1, 0.15) is 11.4 Å². The van der Waals surface area contributed by atoms with Gasteiger partial charge in [-0.1, -0.05) is 31.4 Å². The summed E-state index contributed by atoms with van der Waals surface area (Å²) in [4.78, 5) is 33.1. The largest absolute Gasteiger partial charge is 0.491 e. The third kappa shape index (κ3) is 4.10. The summed E-state index contributed by atoms with van der Waals surface area (Å²) in [6.07, 6.45) is 5.29. The quantitative estimate of drug-likeness (QED) is 0.697. The van der Waals surface area contributed by atoms with E-state index in [2.05, 4.69) is 16.8 Å². The van der Waals surface area contributed by atoms with E-state index in [1.54, 1.807) is 4.90 Å². The van der Waals surface area contributed by atoms with Gasteiger partial charge in [-0.25, -0.2) is 0 Å². The van der Waals surface area contributed by atoms with E-state index in [4.69, 9.17) is 4.74 Å². The standard InChI is InChI=1S/C24H33N3O3/c1-17(2)30-20-11-9-18(10-12-20)21-22(26-15-13-25(3)14-16-26)24(29)27(23(21)28)19-7-5-4-6-8-19/h9-12,17,19H,4-8,13-16H2,1-3H3. The Bertz CT molecular complexity index is 817. The number of rotatable bonds is 5. The van der Waals surface area contributed by atoms with Crippen molar-refractivity contribution in [3.63, 3.8) is 0 Å². The molecule has 0 bridgehead atoms. The summed E-state index contributed by atoms with van der Waals surface area (Å²) in [6.45, 7) is 7.29. The molecule has 4 rings (SSSR count). The number of nitrogens with zero attached hydrogens (tertiary/aromatic N) is 3. The molecule has 1 aliphatic carbocycles. The molecule has 6 heteroatoms. The second kappa shape index (κ2) is 8.80. The zero-order chi connectivity index (χ0) is 21.3. The molecule has 0 N–H and O–H groups in total. The molecule has 0 atom stereocenters. The van der Waals surface area contributed by atoms with Gasteiger partial charge >= 0.3 is 0 Å². The van der Waals surface area contributed by atoms with E-state index in [0.29, 0.717) is 11.3 Å². The fourth-order valence-corrected chi connectivity index (χ4v) is 4.76. The van der Waals surface area contributed by atoms with E-state index in [-0.39, 0.29) is 24.0 Å². The van der Waals surface area contributed by atoms with Gasteiger partial charge in [-0.2, -0.15) is 0 Å². The second-order valence-electron chi connectivity index (χ2n) is 8.98. The smallest absolute Gasteiger partial charge is 0.278 e. The van der Waals surface area contributed by atoms with Crippen molar-refractivity contribution in [2.24, 2.45) is 0 Å². The molecule has 0 radical (unpaired) electrons. The zero-order valence-corrected chi connectivity index (χ0v) is 18.4. The van der Waals surface area contributed by atoms with E-state index in [9.17, 15) is 9.59 Å². The van der Waals surface area contributed by atoms with Crippen LogP contribution >= 0.6 is 0 Å². The molecule has 3 aliphatic rings. The molecule has 1 aromatic rings. The van der Waals surface area contributed by atoms with Crippen LogP contribution in [0.3, 0.4) is 0 Å². The summed E-state index contributed by atoms with van der Waals surface area (Å²) in [6, 6.07) is 7.65. The Morgan fingerprint density at radius 2 is 1.53 bits per heavy atom. The van der Waals surface area contributed by atoms with E-state index < -0.39 is 0 Å². The van der Waals surface area contributed by atoms with Crippen LogP contribution in [0, 0.1) is 0 Å². The van der Waals surface area contributed by atoms with Crippen LogP contribution in [-0.4, -0.2) is 71.9 Å². The van der Waals surface area contributed by atoms with Crippen molar-refractivity contribution < 1.29 is 14.3 Å². The fraction of sp³-hybridized carbons (Fsp3) is 0.583. The van der Waals surface area contributed by atoms with Crippen LogP contribution < -0.4 is 4.74 Å². The van der Waals surface area contributed by atoms with Gasteiger partial charge in [-0.3, -0.25) is 14.5 Å². The minimum atomic E-state index is -0.127. The molecule has 162 valence electrons. The highest BCUT2D eigenvalue weighted by Gasteiger charge is 2.45. The number of amides is 2. The molecule has 30 heavy (non-hydrogen) atoms. The van der Waals surface area contributed by atoms with Crippen LogP contribution in [0.2, 0.25) is 0 Å². The van der Waals surface area contributed by atoms with E-state index >= 15 is 0 Å². The molecule has 0 unspecified atom stereocenters. The van der Waals surface area contributed by atoms with Crippen molar-refractivity contribution in [2.75, 3.05) is 33.2 Å². The maximum atomic E-state index is 13.6. The third-order valence-electron chi connectivity index (χ3n) is 6.36. The number of hydrogen-bond acceptors (Lipinski definition) is 5. The maximum absolute atomic E-state index is 13.6. The molecule has 2 aliphatic heterocycles. The summed E-state index contributed by atoms with van der Waals surface area (Å²) in [7, 11) is 2.09. The average molecular weight is 412 g/mol. The third-order valence-corrected chi connectivity index (χ3v) is 6.36. The lowest BCUT2D eigenvalue weighted by Crippen LogP contribution is -2.47. The number of benzene rings is 1. The van der Waals surface area contributed by atoms with Gasteiger partial charge in [0.25, 0.3) is 11.8 Å². The Hall–Kier alpha value is -2.34. The monoisotopic (exact) mass is 411 g/mol. The number of piperazine rings is 1. The summed E-state index contributed by atoms with van der Waals surface area (Å²) in [5.74, 6) is 0.545. The first-order valence-electron chi connectivity index (χ1n) is 11.3. The van der Waals surface area contributed by atoms with Crippen LogP contribution in [0.5, 0.6) is 5.75 Å². The Balaban J connectivity index is 1.69. The van der Waals surface area contributed by atoms with Gasteiger partial charge in [0.2, 0.25) is 0 Å². The van der Waals surface area contributed by atoms with Crippen molar-refractivity contribution in [3.05, 3.63) is 35.5 Å². The van der Waals surface area contributed by atoms with Crippen molar-refractivity contribution in [2.45, 2.75) is 58.1 Å². The minimum Gasteiger partial charge on any atom is -0.491 e. The van der Waals surface area contributed by atoms with E-state index in [1.165, 1.54) is 6.42 Å². The predicted octanol–water partition coefficient (Wildman–Crippen LogP) is 3.13. The topological polar surface area (TPSA) is 53.1 Å². The van der Waals surface area contributed by atoms with Crippen molar-refractivity contribution in [1.29, 1.82) is 0 Å². The molecular formula is C24H33N3O3. The number of carbonyl (C=O) groups excluding carboxylic acids is 2. The van der Waals surface area contributed by atoms with Crippen molar-refractivity contribution in [3.8, 4) is 5.75 Å². The minimum absolute atomic E-state index is 0.0299. The lowest BCUT2D eigenvalue weighted by Gasteiger charge is -2.35. The van der Waals surface area contributed by atoms with E-state index in [0.717, 1.165) is 63.2 Å². The zero-order valence-electron chi connectivity index (χ0n) is 18.4. The highest BCUT2D eigenvalue weighted by atomic mass is 16.5. The lowest BCUT2D eigenvalue weighted by molar-refractivity contribution is -0.141. The summed E-state index contributed by atoms with van der Waals surface area (Å²) < 4.78 is 5.76. The first-order valence-corrected chi connectivity index (χ1v) is 11.3. The Kier molecular flexibility index (Phi) is 6.14. The van der Waals surface area contributed by atoms with Crippen molar-refractivity contribution in [1.82, 2.24) is 14.7 Å². The molecular weight excluding hydrogens is 378 g/mol. The average Bonchev–Trinajstić information content (AvgIpc) is 2.99. The highest BCUT2D eigenvalue weighted by molar-refractivity contribution is 6.35. The second-order valence-corrected chi connectivity index (χ2v) is 8.98. The Morgan fingerprint density at radius 1 is 0.900 bits per heavy atom. The lowest BCUT2D eigenvalue weighted by atomic mass is 9.94. The van der Waals surface area contributed by atoms with E-state index in [1.807, 2.05) is 38.1 Å². The SMILES string of the molecule is CC(C)Oc1ccc(C2=C(N3CCN(C)CC3)C(=O)N(C3CCCCC3)C2=O)cc1. The van der Waals surface area contributed by atoms with Crippen LogP contribution in [0.15, 0.2) is 30.0 Å². The first kappa shape index (κ1) is 20.9. The van der Waals surface area contributed by atoms with Gasteiger partial charge in [-0.15, -0.1) is 0 Å². The molecule has 0 aromatic heterocycles. The predicted molar refractivity (Wildman–Crippen MR) is 117 cm³/mol. The van der Waals surface area contributed by atoms with Gasteiger partial charge < -0.3 is 14.5 Å². The molecule has 6 nitrogen and oxygen atoms in total. The number of carbonyl (C=O) groups is 2. The van der Waals surface area contributed by atoms with Crippen LogP contribution in [-0.2, 0) is 9.59 Å². The molecule has 2 heterocycles. The Morgan fingerprint density at radius 3 is 2.13 bits per heavy atom. The fourth-order valence-electron chi connectivity index (χ4n) is 4.76. The first-order chi connectivity index (χ1) is 14.5. The Labute approximate surface area is 179 Å². The summed E-state index contributed by atoms with van der Waals surface area (Å²) in [5, 5.41) is 0. The maximum Gasteiger partial charge on any atom is 0.278 e.